The summed E-state index contributed by atoms with van der Waals surface area (Å²) in [6.07, 6.45) is -12.6. The van der Waals surface area contributed by atoms with Gasteiger partial charge in [-0.25, -0.2) is 4.39 Å². The normalized spacial score (nSPS) is 40.7. The SMILES string of the molecule is CO/N=C1\C[C@@H](C)O[C@@H](O[C@@H]2[C@@H](C)[C@H](O[C@H]3CC(C)N(Cc4ccc(F)cc4)C[C@H](C)O3)[C@@H](C)C(=O)O[C@H]([C@@H](C)CO[C@@H]3O[C@H](C)[C@@H](O)[C@@H](OC)[C@H]3OC)[C@H](C)[C@@H](OC(=O)CC(C)C)[C@@H](C)C(=O)[C@@](C)(O)C[C@@H]2C)[C@@H]1O. The summed E-state index contributed by atoms with van der Waals surface area (Å²) in [5.41, 5.74) is -0.831. The topological polar surface area (TPSA) is 229 Å². The number of nitrogens with zero attached hydrogens (tertiary/aromatic N) is 2. The van der Waals surface area contributed by atoms with Gasteiger partial charge in [-0.15, -0.1) is 0 Å². The molecule has 0 saturated carbocycles. The van der Waals surface area contributed by atoms with Crippen LogP contribution in [0.5, 0.6) is 0 Å². The quantitative estimate of drug-likeness (QED) is 0.128. The Bertz CT molecular complexity index is 2030. The highest BCUT2D eigenvalue weighted by Crippen LogP contribution is 2.39. The van der Waals surface area contributed by atoms with E-state index in [1.807, 2.05) is 34.6 Å². The van der Waals surface area contributed by atoms with E-state index in [0.717, 1.165) is 5.56 Å². The van der Waals surface area contributed by atoms with E-state index in [2.05, 4.69) is 17.0 Å². The Labute approximate surface area is 450 Å². The Morgan fingerprint density at radius 3 is 2.11 bits per heavy atom. The van der Waals surface area contributed by atoms with Gasteiger partial charge in [-0.2, -0.15) is 0 Å². The number of aliphatic hydroxyl groups is 3. The van der Waals surface area contributed by atoms with Crippen molar-refractivity contribution in [3.05, 3.63) is 35.6 Å². The molecule has 1 aromatic carbocycles. The third kappa shape index (κ3) is 16.2. The van der Waals surface area contributed by atoms with Crippen molar-refractivity contribution in [1.29, 1.82) is 0 Å². The second-order valence-corrected chi connectivity index (χ2v) is 22.9. The number of cyclic esters (lactones) is 1. The molecule has 4 saturated heterocycles. The standard InChI is InChI=1S/C56H91FN2O17/c1-28(2)21-42(60)73-48-35(9)47(30(4)27-69-55-51(67-15)50(66-14)44(61)38(12)72-55)75-53(64)37(11)49(74-43-22-31(5)59(25-33(7)70-43)26-39-17-19-40(57)20-18-39)34(8)46(29(3)24-56(13,65)52(63)36(48)10)76-54-45(62)41(58-68-16)23-32(6)71-54/h17-20,28-38,43-51,54-55,61-62,65H,21-27H2,1-16H3/b58-41+/t29-,30-,31?,32+,33-,34+,35-,36+,37+,38+,43-,44+,45+,46-,47+,48+,49-,50+,51+,54-,55+,56-/m0/s1. The van der Waals surface area contributed by atoms with E-state index in [0.29, 0.717) is 25.2 Å². The number of hydrogen-bond acceptors (Lipinski definition) is 19. The first-order chi connectivity index (χ1) is 35.7. The van der Waals surface area contributed by atoms with Gasteiger partial charge in [-0.3, -0.25) is 19.3 Å². The van der Waals surface area contributed by atoms with Gasteiger partial charge in [0.15, 0.2) is 24.7 Å². The lowest BCUT2D eigenvalue weighted by Gasteiger charge is -2.44. The molecule has 4 fully saturated rings. The molecule has 76 heavy (non-hydrogen) atoms. The lowest BCUT2D eigenvalue weighted by atomic mass is 9.74. The van der Waals surface area contributed by atoms with Crippen molar-refractivity contribution in [3.63, 3.8) is 0 Å². The number of carbonyl (C=O) groups is 3. The fourth-order valence-electron chi connectivity index (χ4n) is 11.6. The zero-order valence-electron chi connectivity index (χ0n) is 47.8. The molecule has 5 rings (SSSR count). The lowest BCUT2D eigenvalue weighted by Crippen LogP contribution is -2.59. The van der Waals surface area contributed by atoms with Gasteiger partial charge in [-0.1, -0.05) is 65.8 Å². The molecule has 4 aliphatic heterocycles. The number of oxime groups is 1. The van der Waals surface area contributed by atoms with Gasteiger partial charge in [0.05, 0.1) is 54.7 Å². The number of ether oxygens (including phenoxy) is 10. The van der Waals surface area contributed by atoms with E-state index in [4.69, 9.17) is 52.2 Å². The highest BCUT2D eigenvalue weighted by Gasteiger charge is 2.51. The first kappa shape index (κ1) is 63.6. The third-order valence-electron chi connectivity index (χ3n) is 15.7. The number of rotatable bonds is 16. The maximum atomic E-state index is 15.3. The molecule has 0 spiro atoms. The maximum Gasteiger partial charge on any atom is 0.311 e. The molecule has 0 aliphatic carbocycles. The summed E-state index contributed by atoms with van der Waals surface area (Å²) in [6.45, 7) is 24.1. The van der Waals surface area contributed by atoms with Crippen LogP contribution in [0.1, 0.15) is 121 Å². The highest BCUT2D eigenvalue weighted by molar-refractivity contribution is 5.90. The molecule has 0 aromatic heterocycles. The summed E-state index contributed by atoms with van der Waals surface area (Å²) < 4.78 is 77.5. The number of Topliss-reactive ketones (excluding diaryl/α,β-unsaturated/α-hetero) is 1. The zero-order chi connectivity index (χ0) is 56.5. The predicted octanol–water partition coefficient (Wildman–Crippen LogP) is 5.98. The van der Waals surface area contributed by atoms with Crippen LogP contribution in [0.15, 0.2) is 29.4 Å². The summed E-state index contributed by atoms with van der Waals surface area (Å²) in [4.78, 5) is 51.4. The average Bonchev–Trinajstić information content (AvgIpc) is 3.48. The molecular weight excluding hydrogens is 992 g/mol. The summed E-state index contributed by atoms with van der Waals surface area (Å²) >= 11 is 0. The Morgan fingerprint density at radius 2 is 1.49 bits per heavy atom. The Hall–Kier alpha value is -3.25. The van der Waals surface area contributed by atoms with Crippen molar-refractivity contribution in [2.75, 3.05) is 34.5 Å². The van der Waals surface area contributed by atoms with Crippen molar-refractivity contribution >= 4 is 23.4 Å². The van der Waals surface area contributed by atoms with Crippen molar-refractivity contribution < 1.29 is 86.3 Å². The zero-order valence-corrected chi connectivity index (χ0v) is 47.8. The molecule has 4 heterocycles. The van der Waals surface area contributed by atoms with Crippen LogP contribution in [0.2, 0.25) is 0 Å². The molecule has 3 N–H and O–H groups in total. The van der Waals surface area contributed by atoms with E-state index < -0.39 is 139 Å². The van der Waals surface area contributed by atoms with Crippen LogP contribution in [0.4, 0.5) is 4.39 Å². The molecular formula is C56H91FN2O17. The smallest absolute Gasteiger partial charge is 0.311 e. The molecule has 19 nitrogen and oxygen atoms in total. The van der Waals surface area contributed by atoms with Crippen LogP contribution < -0.4 is 0 Å². The van der Waals surface area contributed by atoms with Gasteiger partial charge in [0.2, 0.25) is 0 Å². The minimum Gasteiger partial charge on any atom is -0.461 e. The second kappa shape index (κ2) is 28.3. The minimum absolute atomic E-state index is 0.0325. The van der Waals surface area contributed by atoms with Gasteiger partial charge in [-0.05, 0) is 77.5 Å². The van der Waals surface area contributed by atoms with Crippen molar-refractivity contribution in [2.45, 2.75) is 220 Å². The van der Waals surface area contributed by atoms with E-state index >= 15 is 4.79 Å². The van der Waals surface area contributed by atoms with Crippen LogP contribution in [0, 0.1) is 47.2 Å². The fourth-order valence-corrected chi connectivity index (χ4v) is 11.6. The number of esters is 2. The molecule has 0 radical (unpaired) electrons. The van der Waals surface area contributed by atoms with E-state index in [1.165, 1.54) is 40.4 Å². The first-order valence-electron chi connectivity index (χ1n) is 27.3. The van der Waals surface area contributed by atoms with Gasteiger partial charge < -0.3 is 67.5 Å². The number of carbonyl (C=O) groups excluding carboxylic acids is 3. The van der Waals surface area contributed by atoms with E-state index in [1.54, 1.807) is 53.7 Å². The first-order valence-corrected chi connectivity index (χ1v) is 27.3. The number of benzene rings is 1. The Kier molecular flexibility index (Phi) is 23.6. The molecule has 22 atom stereocenters. The largest absolute Gasteiger partial charge is 0.461 e. The average molecular weight is 1080 g/mol. The Morgan fingerprint density at radius 1 is 0.829 bits per heavy atom. The van der Waals surface area contributed by atoms with Crippen molar-refractivity contribution in [3.8, 4) is 0 Å². The summed E-state index contributed by atoms with van der Waals surface area (Å²) in [6, 6.07) is 6.25. The van der Waals surface area contributed by atoms with Gasteiger partial charge in [0.1, 0.15) is 55.2 Å². The molecule has 4 aliphatic rings. The number of hydrogen-bond donors (Lipinski definition) is 3. The minimum atomic E-state index is -2.05. The van der Waals surface area contributed by atoms with Crippen LogP contribution in [-0.2, 0) is 73.1 Å². The van der Waals surface area contributed by atoms with Gasteiger partial charge >= 0.3 is 11.9 Å². The molecule has 0 bridgehead atoms. The summed E-state index contributed by atoms with van der Waals surface area (Å²) in [7, 11) is 4.28. The van der Waals surface area contributed by atoms with E-state index in [9.17, 15) is 29.3 Å². The lowest BCUT2D eigenvalue weighted by molar-refractivity contribution is -0.305. The van der Waals surface area contributed by atoms with Gasteiger partial charge in [0, 0.05) is 70.4 Å². The number of aliphatic hydroxyl groups excluding tert-OH is 2. The third-order valence-corrected chi connectivity index (χ3v) is 15.7. The van der Waals surface area contributed by atoms with Crippen LogP contribution in [0.3, 0.4) is 0 Å². The number of methoxy groups -OCH3 is 2. The van der Waals surface area contributed by atoms with Crippen LogP contribution >= 0.6 is 0 Å². The van der Waals surface area contributed by atoms with Crippen molar-refractivity contribution in [1.82, 2.24) is 4.90 Å². The molecule has 20 heteroatoms. The maximum absolute atomic E-state index is 15.3. The summed E-state index contributed by atoms with van der Waals surface area (Å²) in [5.74, 6) is -7.53. The molecule has 1 aromatic rings. The molecule has 434 valence electrons. The predicted molar refractivity (Wildman–Crippen MR) is 277 cm³/mol. The van der Waals surface area contributed by atoms with Gasteiger partial charge in [0.25, 0.3) is 0 Å². The molecule has 1 unspecified atom stereocenters. The Balaban J connectivity index is 1.61. The summed E-state index contributed by atoms with van der Waals surface area (Å²) in [5, 5.41) is 39.1. The van der Waals surface area contributed by atoms with E-state index in [-0.39, 0.29) is 49.8 Å². The highest BCUT2D eigenvalue weighted by atomic mass is 19.1. The fraction of sp³-hybridized carbons (Fsp3) is 0.821. The van der Waals surface area contributed by atoms with Crippen molar-refractivity contribution in [2.24, 2.45) is 46.6 Å². The second-order valence-electron chi connectivity index (χ2n) is 22.9. The molecule has 0 amide bonds. The number of ketones is 1. The van der Waals surface area contributed by atoms with Crippen LogP contribution in [-0.4, -0.2) is 176 Å². The number of halogens is 1. The van der Waals surface area contributed by atoms with Crippen LogP contribution in [0.25, 0.3) is 0 Å². The monoisotopic (exact) mass is 1080 g/mol.